The zero-order valence-electron chi connectivity index (χ0n) is 17.8. The summed E-state index contributed by atoms with van der Waals surface area (Å²) in [5, 5.41) is 3.64. The molecule has 7 heteroatoms. The summed E-state index contributed by atoms with van der Waals surface area (Å²) in [7, 11) is 0. The molecule has 0 aromatic carbocycles. The molecule has 0 bridgehead atoms. The second-order valence-electron chi connectivity index (χ2n) is 8.86. The number of amides is 1. The fourth-order valence-electron chi connectivity index (χ4n) is 4.01. The summed E-state index contributed by atoms with van der Waals surface area (Å²) in [4.78, 5) is 23.9. The Labute approximate surface area is 171 Å². The van der Waals surface area contributed by atoms with Gasteiger partial charge in [0, 0.05) is 37.7 Å². The van der Waals surface area contributed by atoms with Crippen LogP contribution in [0.3, 0.4) is 0 Å². The molecule has 0 unspecified atom stereocenters. The first-order chi connectivity index (χ1) is 13.7. The van der Waals surface area contributed by atoms with E-state index in [9.17, 15) is 4.79 Å². The summed E-state index contributed by atoms with van der Waals surface area (Å²) in [5.41, 5.74) is 2.62. The van der Waals surface area contributed by atoms with Gasteiger partial charge in [0.2, 0.25) is 5.76 Å². The van der Waals surface area contributed by atoms with Gasteiger partial charge in [-0.2, -0.15) is 0 Å². The molecular weight excluding hydrogens is 366 g/mol. The molecule has 0 radical (unpaired) electrons. The highest BCUT2D eigenvalue weighted by Gasteiger charge is 2.31. The second-order valence-corrected chi connectivity index (χ2v) is 8.86. The molecule has 1 aliphatic heterocycles. The Morgan fingerprint density at radius 2 is 1.90 bits per heavy atom. The largest absolute Gasteiger partial charge is 0.436 e. The molecule has 4 rings (SSSR count). The summed E-state index contributed by atoms with van der Waals surface area (Å²) in [5.74, 6) is 2.19. The van der Waals surface area contributed by atoms with Crippen LogP contribution in [0, 0.1) is 13.8 Å². The number of oxazole rings is 1. The van der Waals surface area contributed by atoms with Crippen LogP contribution >= 0.6 is 0 Å². The first-order valence-corrected chi connectivity index (χ1v) is 10.2. The fraction of sp³-hybridized carbons (Fsp3) is 0.500. The average Bonchev–Trinajstić information content (AvgIpc) is 3.20. The number of piperidine rings is 1. The number of fused-ring (bicyclic) bond motifs is 1. The third-order valence-electron chi connectivity index (χ3n) is 5.32. The third kappa shape index (κ3) is 3.86. The van der Waals surface area contributed by atoms with Crippen molar-refractivity contribution in [2.24, 2.45) is 0 Å². The van der Waals surface area contributed by atoms with Crippen molar-refractivity contribution in [3.05, 3.63) is 47.4 Å². The van der Waals surface area contributed by atoms with Gasteiger partial charge >= 0.3 is 0 Å². The van der Waals surface area contributed by atoms with Crippen molar-refractivity contribution >= 4 is 17.4 Å². The van der Waals surface area contributed by atoms with E-state index in [1.165, 1.54) is 0 Å². The Hall–Kier alpha value is -2.83. The summed E-state index contributed by atoms with van der Waals surface area (Å²) in [6.07, 6.45) is 3.80. The van der Waals surface area contributed by atoms with Crippen LogP contribution in [-0.4, -0.2) is 43.8 Å². The van der Waals surface area contributed by atoms with E-state index in [4.69, 9.17) is 9.40 Å². The Morgan fingerprint density at radius 1 is 1.17 bits per heavy atom. The number of carbonyl (C=O) groups is 1. The number of hydrogen-bond acceptors (Lipinski definition) is 5. The maximum Gasteiger partial charge on any atom is 0.291 e. The van der Waals surface area contributed by atoms with Crippen LogP contribution in [0.2, 0.25) is 0 Å². The molecule has 1 saturated heterocycles. The molecule has 0 aliphatic carbocycles. The normalized spacial score (nSPS) is 15.8. The molecule has 1 aliphatic rings. The standard InChI is InChI=1S/C22H29N5O2/c1-14-19(29-15(2)23-14)21(28)26-12-9-16(10-13-26)18-20(25-22(3,4)5)27-11-7-6-8-17(27)24-18/h6-8,11,16,25H,9-10,12-13H2,1-5H3. The molecule has 1 fully saturated rings. The van der Waals surface area contributed by atoms with Crippen LogP contribution in [0.15, 0.2) is 28.8 Å². The number of carbonyl (C=O) groups excluding carboxylic acids is 1. The molecule has 3 aromatic heterocycles. The van der Waals surface area contributed by atoms with Crippen LogP contribution in [0.5, 0.6) is 0 Å². The van der Waals surface area contributed by atoms with Crippen molar-refractivity contribution in [3.8, 4) is 0 Å². The topological polar surface area (TPSA) is 75.7 Å². The molecule has 0 spiro atoms. The lowest BCUT2D eigenvalue weighted by atomic mass is 9.92. The number of nitrogens with one attached hydrogen (secondary N) is 1. The third-order valence-corrected chi connectivity index (χ3v) is 5.32. The number of aryl methyl sites for hydroxylation is 2. The number of pyridine rings is 1. The molecule has 29 heavy (non-hydrogen) atoms. The first-order valence-electron chi connectivity index (χ1n) is 10.2. The predicted octanol–water partition coefficient (Wildman–Crippen LogP) is 4.17. The van der Waals surface area contributed by atoms with Crippen molar-refractivity contribution in [1.29, 1.82) is 0 Å². The van der Waals surface area contributed by atoms with E-state index in [-0.39, 0.29) is 11.4 Å². The lowest BCUT2D eigenvalue weighted by molar-refractivity contribution is 0.0677. The number of hydrogen-bond donors (Lipinski definition) is 1. The Kier molecular flexibility index (Phi) is 4.84. The van der Waals surface area contributed by atoms with Crippen LogP contribution in [0.4, 0.5) is 5.82 Å². The highest BCUT2D eigenvalue weighted by Crippen LogP contribution is 2.35. The van der Waals surface area contributed by atoms with E-state index in [1.807, 2.05) is 36.2 Å². The van der Waals surface area contributed by atoms with Gasteiger partial charge in [0.05, 0.1) is 11.4 Å². The van der Waals surface area contributed by atoms with Crippen molar-refractivity contribution in [2.75, 3.05) is 18.4 Å². The van der Waals surface area contributed by atoms with Gasteiger partial charge in [-0.25, -0.2) is 9.97 Å². The summed E-state index contributed by atoms with van der Waals surface area (Å²) >= 11 is 0. The quantitative estimate of drug-likeness (QED) is 0.720. The number of likely N-dealkylation sites (tertiary alicyclic amines) is 1. The van der Waals surface area contributed by atoms with Gasteiger partial charge in [-0.1, -0.05) is 6.07 Å². The van der Waals surface area contributed by atoms with Gasteiger partial charge in [-0.15, -0.1) is 0 Å². The van der Waals surface area contributed by atoms with E-state index in [0.29, 0.717) is 36.4 Å². The maximum atomic E-state index is 12.8. The predicted molar refractivity (Wildman–Crippen MR) is 112 cm³/mol. The van der Waals surface area contributed by atoms with E-state index in [1.54, 1.807) is 6.92 Å². The van der Waals surface area contributed by atoms with Gasteiger partial charge in [0.1, 0.15) is 11.5 Å². The van der Waals surface area contributed by atoms with Gasteiger partial charge in [0.15, 0.2) is 5.89 Å². The number of imidazole rings is 1. The van der Waals surface area contributed by atoms with Crippen molar-refractivity contribution in [3.63, 3.8) is 0 Å². The van der Waals surface area contributed by atoms with Gasteiger partial charge in [0.25, 0.3) is 5.91 Å². The van der Waals surface area contributed by atoms with E-state index < -0.39 is 0 Å². The molecule has 3 aromatic rings. The fourth-order valence-corrected chi connectivity index (χ4v) is 4.01. The lowest BCUT2D eigenvalue weighted by Crippen LogP contribution is -2.38. The molecule has 1 N–H and O–H groups in total. The average molecular weight is 396 g/mol. The van der Waals surface area contributed by atoms with Gasteiger partial charge in [-0.3, -0.25) is 9.20 Å². The van der Waals surface area contributed by atoms with Crippen molar-refractivity contribution < 1.29 is 9.21 Å². The lowest BCUT2D eigenvalue weighted by Gasteiger charge is -2.32. The molecule has 7 nitrogen and oxygen atoms in total. The Balaban J connectivity index is 1.55. The van der Waals surface area contributed by atoms with E-state index >= 15 is 0 Å². The summed E-state index contributed by atoms with van der Waals surface area (Å²) in [6, 6.07) is 6.07. The van der Waals surface area contributed by atoms with Crippen LogP contribution in [-0.2, 0) is 0 Å². The van der Waals surface area contributed by atoms with Crippen LogP contribution in [0.25, 0.3) is 5.65 Å². The van der Waals surface area contributed by atoms with E-state index in [0.717, 1.165) is 30.0 Å². The van der Waals surface area contributed by atoms with E-state index in [2.05, 4.69) is 35.5 Å². The first kappa shape index (κ1) is 19.5. The minimum absolute atomic E-state index is 0.0652. The van der Waals surface area contributed by atoms with Gasteiger partial charge in [-0.05, 0) is 52.7 Å². The highest BCUT2D eigenvalue weighted by molar-refractivity contribution is 5.92. The molecular formula is C22H29N5O2. The number of aromatic nitrogens is 3. The monoisotopic (exact) mass is 395 g/mol. The van der Waals surface area contributed by atoms with Crippen LogP contribution in [0.1, 0.15) is 67.4 Å². The van der Waals surface area contributed by atoms with Crippen molar-refractivity contribution in [1.82, 2.24) is 19.3 Å². The minimum Gasteiger partial charge on any atom is -0.436 e. The molecule has 1 amide bonds. The zero-order valence-corrected chi connectivity index (χ0v) is 17.8. The molecule has 154 valence electrons. The number of nitrogens with zero attached hydrogens (tertiary/aromatic N) is 4. The maximum absolute atomic E-state index is 12.8. The minimum atomic E-state index is -0.0705. The number of anilines is 1. The summed E-state index contributed by atoms with van der Waals surface area (Å²) in [6.45, 7) is 11.4. The Morgan fingerprint density at radius 3 is 2.52 bits per heavy atom. The van der Waals surface area contributed by atoms with Crippen molar-refractivity contribution in [2.45, 2.75) is 58.9 Å². The smallest absolute Gasteiger partial charge is 0.291 e. The molecule has 0 atom stereocenters. The van der Waals surface area contributed by atoms with Crippen LogP contribution < -0.4 is 5.32 Å². The summed E-state index contributed by atoms with van der Waals surface area (Å²) < 4.78 is 7.65. The second kappa shape index (κ2) is 7.21. The zero-order chi connectivity index (χ0) is 20.8. The number of rotatable bonds is 3. The Bertz CT molecular complexity index is 1040. The SMILES string of the molecule is Cc1nc(C)c(C(=O)N2CCC(c3nc4ccccn4c3NC(C)(C)C)CC2)o1. The molecule has 0 saturated carbocycles. The van der Waals surface area contributed by atoms with Gasteiger partial charge < -0.3 is 14.6 Å². The molecule has 4 heterocycles. The highest BCUT2D eigenvalue weighted by atomic mass is 16.4.